The van der Waals surface area contributed by atoms with Gasteiger partial charge >= 0.3 is 11.9 Å². The third-order valence-corrected chi connectivity index (χ3v) is 6.42. The molecule has 1 aliphatic rings. The average Bonchev–Trinajstić information content (AvgIpc) is 3.02. The van der Waals surface area contributed by atoms with Crippen LogP contribution < -0.4 is 0 Å². The minimum absolute atomic E-state index is 0.00769. The van der Waals surface area contributed by atoms with E-state index in [0.717, 1.165) is 57.4 Å². The number of esters is 1. The smallest absolute Gasteiger partial charge is 0.309 e. The number of aliphatic hydroxyl groups excluding tert-OH is 1. The van der Waals surface area contributed by atoms with Gasteiger partial charge in [-0.25, -0.2) is 0 Å². The summed E-state index contributed by atoms with van der Waals surface area (Å²) in [5, 5.41) is 10.2. The zero-order valence-corrected chi connectivity index (χ0v) is 21.2. The molecule has 0 saturated heterocycles. The topological polar surface area (TPSA) is 80.7 Å². The first-order valence-electron chi connectivity index (χ1n) is 13.1. The van der Waals surface area contributed by atoms with Crippen LogP contribution in [-0.2, 0) is 19.1 Å². The molecule has 0 radical (unpaired) electrons. The van der Waals surface area contributed by atoms with Crippen LogP contribution in [0.1, 0.15) is 111 Å². The van der Waals surface area contributed by atoms with E-state index in [4.69, 9.17) is 4.74 Å². The lowest BCUT2D eigenvalue weighted by atomic mass is 9.88. The first kappa shape index (κ1) is 30.4. The highest BCUT2D eigenvalue weighted by Gasteiger charge is 2.41. The molecule has 0 bridgehead atoms. The number of hydrogen-bond donors (Lipinski definition) is 1. The number of carbonyl (C=O) groups is 3. The number of aliphatic hydroxyl groups is 1. The Morgan fingerprint density at radius 3 is 2.32 bits per heavy atom. The van der Waals surface area contributed by atoms with Gasteiger partial charge in [-0.05, 0) is 39.2 Å². The molecule has 34 heavy (non-hydrogen) atoms. The van der Waals surface area contributed by atoms with Gasteiger partial charge in [0.05, 0.1) is 12.2 Å². The summed E-state index contributed by atoms with van der Waals surface area (Å²) in [6.45, 7) is 5.65. The number of halogens is 2. The normalized spacial score (nSPS) is 21.0. The van der Waals surface area contributed by atoms with Crippen LogP contribution >= 0.6 is 0 Å². The zero-order chi connectivity index (χ0) is 25.6. The molecule has 7 heteroatoms. The molecule has 0 heterocycles. The molecular formula is C27H44F2O5. The van der Waals surface area contributed by atoms with E-state index in [2.05, 4.69) is 0 Å². The number of allylic oxidation sites excluding steroid dienone is 1. The molecule has 5 nitrogen and oxygen atoms in total. The second kappa shape index (κ2) is 16.1. The van der Waals surface area contributed by atoms with Crippen LogP contribution in [0.25, 0.3) is 0 Å². The van der Waals surface area contributed by atoms with Crippen molar-refractivity contribution in [3.63, 3.8) is 0 Å². The van der Waals surface area contributed by atoms with Gasteiger partial charge in [0.1, 0.15) is 5.78 Å². The minimum Gasteiger partial charge on any atom is -0.463 e. The van der Waals surface area contributed by atoms with E-state index in [1.54, 1.807) is 0 Å². The van der Waals surface area contributed by atoms with Crippen LogP contribution in [-0.4, -0.2) is 40.8 Å². The highest BCUT2D eigenvalue weighted by Crippen LogP contribution is 2.35. The molecule has 1 saturated carbocycles. The predicted octanol–water partition coefficient (Wildman–Crippen LogP) is 6.36. The lowest BCUT2D eigenvalue weighted by Crippen LogP contribution is -2.27. The summed E-state index contributed by atoms with van der Waals surface area (Å²) in [6, 6.07) is 0. The summed E-state index contributed by atoms with van der Waals surface area (Å²) in [5.41, 5.74) is 0. The van der Waals surface area contributed by atoms with E-state index in [1.165, 1.54) is 6.08 Å². The number of ether oxygens (including phenoxy) is 1. The molecule has 0 aromatic rings. The Balaban J connectivity index is 2.38. The molecule has 3 atom stereocenters. The Morgan fingerprint density at radius 2 is 1.68 bits per heavy atom. The van der Waals surface area contributed by atoms with Crippen molar-refractivity contribution in [2.45, 2.75) is 129 Å². The van der Waals surface area contributed by atoms with Crippen molar-refractivity contribution >= 4 is 17.5 Å². The van der Waals surface area contributed by atoms with Crippen molar-refractivity contribution in [3.8, 4) is 0 Å². The average molecular weight is 487 g/mol. The molecule has 1 N–H and O–H groups in total. The molecule has 1 fully saturated rings. The van der Waals surface area contributed by atoms with Crippen LogP contribution in [0.5, 0.6) is 0 Å². The van der Waals surface area contributed by atoms with E-state index in [9.17, 15) is 28.3 Å². The number of Topliss-reactive ketones (excluding diaryl/α,β-unsaturated/α-hetero) is 1. The van der Waals surface area contributed by atoms with Crippen LogP contribution in [0.2, 0.25) is 0 Å². The number of rotatable bonds is 18. The van der Waals surface area contributed by atoms with Gasteiger partial charge in [0.25, 0.3) is 0 Å². The van der Waals surface area contributed by atoms with Gasteiger partial charge in [0.2, 0.25) is 5.78 Å². The highest BCUT2D eigenvalue weighted by molar-refractivity contribution is 5.95. The third-order valence-electron chi connectivity index (χ3n) is 6.42. The van der Waals surface area contributed by atoms with Crippen LogP contribution in [0.4, 0.5) is 8.78 Å². The van der Waals surface area contributed by atoms with Crippen molar-refractivity contribution < 1.29 is 33.0 Å². The van der Waals surface area contributed by atoms with E-state index in [-0.39, 0.29) is 24.3 Å². The predicted molar refractivity (Wildman–Crippen MR) is 129 cm³/mol. The van der Waals surface area contributed by atoms with Crippen molar-refractivity contribution in [1.29, 1.82) is 0 Å². The minimum atomic E-state index is -3.40. The fourth-order valence-electron chi connectivity index (χ4n) is 4.47. The fourth-order valence-corrected chi connectivity index (χ4v) is 4.47. The van der Waals surface area contributed by atoms with Gasteiger partial charge in [0.15, 0.2) is 0 Å². The van der Waals surface area contributed by atoms with Gasteiger partial charge in [0, 0.05) is 31.1 Å². The molecule has 1 unspecified atom stereocenters. The Morgan fingerprint density at radius 1 is 1.06 bits per heavy atom. The number of ketones is 2. The summed E-state index contributed by atoms with van der Waals surface area (Å²) >= 11 is 0. The SMILES string of the molecule is CCCCCCC(F)(F)C(=O)C=C[C@@H]1C(CCCCCCCCC(=O)OC(C)C)C(=O)C[C@H]1O. The number of hydrogen-bond acceptors (Lipinski definition) is 5. The zero-order valence-electron chi connectivity index (χ0n) is 21.2. The summed E-state index contributed by atoms with van der Waals surface area (Å²) in [6.07, 6.45) is 9.93. The quantitative estimate of drug-likeness (QED) is 0.139. The van der Waals surface area contributed by atoms with Crippen LogP contribution in [0.3, 0.4) is 0 Å². The highest BCUT2D eigenvalue weighted by atomic mass is 19.3. The molecule has 0 amide bonds. The van der Waals surface area contributed by atoms with Crippen molar-refractivity contribution in [3.05, 3.63) is 12.2 Å². The molecule has 0 aromatic carbocycles. The number of carbonyl (C=O) groups excluding carboxylic acids is 3. The second-order valence-corrected chi connectivity index (χ2v) is 9.86. The number of alkyl halides is 2. The van der Waals surface area contributed by atoms with E-state index in [0.29, 0.717) is 25.7 Å². The Labute approximate surface area is 203 Å². The fraction of sp³-hybridized carbons (Fsp3) is 0.815. The van der Waals surface area contributed by atoms with Crippen LogP contribution in [0, 0.1) is 11.8 Å². The second-order valence-electron chi connectivity index (χ2n) is 9.86. The van der Waals surface area contributed by atoms with Gasteiger partial charge in [-0.1, -0.05) is 64.4 Å². The summed E-state index contributed by atoms with van der Waals surface area (Å²) < 4.78 is 33.3. The molecule has 1 aliphatic carbocycles. The first-order chi connectivity index (χ1) is 16.1. The largest absolute Gasteiger partial charge is 0.463 e. The molecule has 0 spiro atoms. The monoisotopic (exact) mass is 486 g/mol. The van der Waals surface area contributed by atoms with E-state index in [1.807, 2.05) is 20.8 Å². The Bertz CT molecular complexity index is 659. The van der Waals surface area contributed by atoms with Crippen molar-refractivity contribution in [2.24, 2.45) is 11.8 Å². The molecule has 0 aliphatic heterocycles. The number of unbranched alkanes of at least 4 members (excludes halogenated alkanes) is 8. The van der Waals surface area contributed by atoms with Gasteiger partial charge in [-0.15, -0.1) is 0 Å². The summed E-state index contributed by atoms with van der Waals surface area (Å²) in [7, 11) is 0. The van der Waals surface area contributed by atoms with Gasteiger partial charge in [-0.3, -0.25) is 14.4 Å². The summed E-state index contributed by atoms with van der Waals surface area (Å²) in [5.74, 6) is -5.89. The maximum atomic E-state index is 14.1. The molecule has 1 rings (SSSR count). The maximum Gasteiger partial charge on any atom is 0.309 e. The standard InChI is InChI=1S/C27H44F2O5/c1-4-5-6-13-18-27(28,29)25(32)17-16-22-21(23(30)19-24(22)31)14-11-9-7-8-10-12-15-26(33)34-20(2)3/h16-17,20-22,24,31H,4-15,18-19H2,1-3H3/t21?,22-,24-/m1/s1. The lowest BCUT2D eigenvalue weighted by Gasteiger charge is -2.18. The third kappa shape index (κ3) is 11.7. The Hall–Kier alpha value is -1.63. The lowest BCUT2D eigenvalue weighted by molar-refractivity contribution is -0.147. The Kier molecular flexibility index (Phi) is 14.4. The van der Waals surface area contributed by atoms with Crippen LogP contribution in [0.15, 0.2) is 12.2 Å². The summed E-state index contributed by atoms with van der Waals surface area (Å²) in [4.78, 5) is 35.8. The molecular weight excluding hydrogens is 442 g/mol. The van der Waals surface area contributed by atoms with Crippen molar-refractivity contribution in [1.82, 2.24) is 0 Å². The van der Waals surface area contributed by atoms with E-state index >= 15 is 0 Å². The van der Waals surface area contributed by atoms with Gasteiger partial charge < -0.3 is 9.84 Å². The van der Waals surface area contributed by atoms with E-state index < -0.39 is 36.1 Å². The van der Waals surface area contributed by atoms with Crippen molar-refractivity contribution in [2.75, 3.05) is 0 Å². The molecule has 196 valence electrons. The maximum absolute atomic E-state index is 14.1. The van der Waals surface area contributed by atoms with Gasteiger partial charge in [-0.2, -0.15) is 8.78 Å². The first-order valence-corrected chi connectivity index (χ1v) is 13.1. The molecule has 0 aromatic heterocycles.